The summed E-state index contributed by atoms with van der Waals surface area (Å²) in [4.78, 5) is 17.4. The van der Waals surface area contributed by atoms with Gasteiger partial charge in [0.2, 0.25) is 0 Å². The molecule has 112 valence electrons. The number of carbonyl (C=O) groups excluding carboxylic acids is 1. The molecule has 0 radical (unpaired) electrons. The van der Waals surface area contributed by atoms with Crippen molar-refractivity contribution < 1.29 is 13.9 Å². The quantitative estimate of drug-likeness (QED) is 0.791. The first-order valence-electron chi connectivity index (χ1n) is 6.73. The van der Waals surface area contributed by atoms with Crippen molar-refractivity contribution in [1.82, 2.24) is 19.7 Å². The fourth-order valence-electron chi connectivity index (χ4n) is 2.14. The number of nitrogens with zero attached hydrogens (tertiary/aromatic N) is 4. The van der Waals surface area contributed by atoms with Gasteiger partial charge in [0.05, 0.1) is 0 Å². The molecular weight excluding hydrogens is 263 g/mol. The molecule has 1 fully saturated rings. The molecule has 1 amide bonds. The number of halogens is 1. The van der Waals surface area contributed by atoms with Gasteiger partial charge in [0.25, 0.3) is 0 Å². The number of aryl methyl sites for hydroxylation is 1. The third-order valence-corrected chi connectivity index (χ3v) is 3.21. The van der Waals surface area contributed by atoms with Crippen molar-refractivity contribution in [3.05, 3.63) is 12.2 Å². The first kappa shape index (κ1) is 14.7. The van der Waals surface area contributed by atoms with Crippen LogP contribution in [-0.2, 0) is 17.5 Å². The Hall–Kier alpha value is -1.66. The number of ether oxygens (including phenoxy) is 1. The maximum atomic E-state index is 14.8. The van der Waals surface area contributed by atoms with E-state index in [1.165, 1.54) is 15.9 Å². The Bertz CT molecular complexity index is 487. The second kappa shape index (κ2) is 5.03. The third kappa shape index (κ3) is 3.26. The second-order valence-corrected chi connectivity index (χ2v) is 6.17. The second-order valence-electron chi connectivity index (χ2n) is 6.17. The molecule has 0 unspecified atom stereocenters. The Labute approximate surface area is 117 Å². The number of aromatic nitrogens is 3. The lowest BCUT2D eigenvalue weighted by Crippen LogP contribution is -2.45. The highest BCUT2D eigenvalue weighted by Gasteiger charge is 2.41. The number of hydrogen-bond acceptors (Lipinski definition) is 4. The molecule has 0 N–H and O–H groups in total. The maximum Gasteiger partial charge on any atom is 0.410 e. The van der Waals surface area contributed by atoms with E-state index >= 15 is 0 Å². The standard InChI is InChI=1S/C13H21FN4O2/c1-12(2,3)20-11(19)18-7-5-13(14,6-8-18)10-15-9-17(4)16-10/h9H,5-8H2,1-4H3. The zero-order valence-electron chi connectivity index (χ0n) is 12.4. The molecule has 0 saturated carbocycles. The van der Waals surface area contributed by atoms with Crippen molar-refractivity contribution >= 4 is 6.09 Å². The summed E-state index contributed by atoms with van der Waals surface area (Å²) in [6, 6.07) is 0. The van der Waals surface area contributed by atoms with Crippen molar-refractivity contribution in [2.45, 2.75) is 44.9 Å². The smallest absolute Gasteiger partial charge is 0.410 e. The van der Waals surface area contributed by atoms with E-state index in [2.05, 4.69) is 10.1 Å². The molecule has 7 heteroatoms. The van der Waals surface area contributed by atoms with E-state index in [9.17, 15) is 9.18 Å². The van der Waals surface area contributed by atoms with E-state index in [-0.39, 0.29) is 18.7 Å². The van der Waals surface area contributed by atoms with E-state index in [0.29, 0.717) is 13.1 Å². The van der Waals surface area contributed by atoms with E-state index in [1.807, 2.05) is 20.8 Å². The van der Waals surface area contributed by atoms with Gasteiger partial charge in [0.1, 0.15) is 11.9 Å². The van der Waals surface area contributed by atoms with Crippen LogP contribution in [0.1, 0.15) is 39.4 Å². The monoisotopic (exact) mass is 284 g/mol. The lowest BCUT2D eigenvalue weighted by atomic mass is 9.93. The lowest BCUT2D eigenvalue weighted by Gasteiger charge is -2.35. The third-order valence-electron chi connectivity index (χ3n) is 3.21. The molecule has 1 aromatic rings. The molecular formula is C13H21FN4O2. The largest absolute Gasteiger partial charge is 0.444 e. The molecule has 1 aliphatic heterocycles. The van der Waals surface area contributed by atoms with Crippen LogP contribution in [0.2, 0.25) is 0 Å². The molecule has 1 aliphatic rings. The first-order chi connectivity index (χ1) is 9.20. The Kier molecular flexibility index (Phi) is 3.71. The summed E-state index contributed by atoms with van der Waals surface area (Å²) in [5, 5.41) is 4.03. The van der Waals surface area contributed by atoms with Crippen LogP contribution in [0.5, 0.6) is 0 Å². The van der Waals surface area contributed by atoms with E-state index < -0.39 is 17.4 Å². The van der Waals surface area contributed by atoms with Gasteiger partial charge in [-0.15, -0.1) is 0 Å². The van der Waals surface area contributed by atoms with E-state index in [0.717, 1.165) is 0 Å². The van der Waals surface area contributed by atoms with Crippen LogP contribution in [0.3, 0.4) is 0 Å². The Balaban J connectivity index is 1.97. The van der Waals surface area contributed by atoms with Gasteiger partial charge in [-0.1, -0.05) is 0 Å². The normalized spacial score (nSPS) is 18.9. The summed E-state index contributed by atoms with van der Waals surface area (Å²) < 4.78 is 21.5. The Morgan fingerprint density at radius 1 is 1.40 bits per heavy atom. The Morgan fingerprint density at radius 2 is 2.00 bits per heavy atom. The number of rotatable bonds is 1. The fourth-order valence-corrected chi connectivity index (χ4v) is 2.14. The summed E-state index contributed by atoms with van der Waals surface area (Å²) in [5.74, 6) is 0.198. The summed E-state index contributed by atoms with van der Waals surface area (Å²) in [5.41, 5.74) is -2.09. The maximum absolute atomic E-state index is 14.8. The van der Waals surface area contributed by atoms with Crippen molar-refractivity contribution in [3.63, 3.8) is 0 Å². The van der Waals surface area contributed by atoms with Crippen LogP contribution in [-0.4, -0.2) is 44.4 Å². The van der Waals surface area contributed by atoms with E-state index in [1.54, 1.807) is 7.05 Å². The van der Waals surface area contributed by atoms with Crippen LogP contribution in [0.25, 0.3) is 0 Å². The molecule has 0 aliphatic carbocycles. The number of carbonyl (C=O) groups is 1. The minimum Gasteiger partial charge on any atom is -0.444 e. The molecule has 2 rings (SSSR count). The van der Waals surface area contributed by atoms with Crippen LogP contribution in [0.4, 0.5) is 9.18 Å². The fraction of sp³-hybridized carbons (Fsp3) is 0.769. The molecule has 0 spiro atoms. The van der Waals surface area contributed by atoms with Gasteiger partial charge < -0.3 is 9.64 Å². The van der Waals surface area contributed by atoms with Gasteiger partial charge in [-0.2, -0.15) is 5.10 Å². The summed E-state index contributed by atoms with van der Waals surface area (Å²) in [6.07, 6.45) is 1.47. The summed E-state index contributed by atoms with van der Waals surface area (Å²) in [7, 11) is 1.70. The van der Waals surface area contributed by atoms with Gasteiger partial charge >= 0.3 is 6.09 Å². The minimum absolute atomic E-state index is 0.191. The predicted molar refractivity (Wildman–Crippen MR) is 70.8 cm³/mol. The number of amides is 1. The lowest BCUT2D eigenvalue weighted by molar-refractivity contribution is 0.000169. The highest BCUT2D eigenvalue weighted by molar-refractivity contribution is 5.68. The molecule has 0 atom stereocenters. The predicted octanol–water partition coefficient (Wildman–Crippen LogP) is 2.01. The highest BCUT2D eigenvalue weighted by atomic mass is 19.1. The molecule has 0 aromatic carbocycles. The van der Waals surface area contributed by atoms with E-state index in [4.69, 9.17) is 4.74 Å². The molecule has 6 nitrogen and oxygen atoms in total. The first-order valence-corrected chi connectivity index (χ1v) is 6.73. The molecule has 0 bridgehead atoms. The van der Waals surface area contributed by atoms with Crippen LogP contribution in [0.15, 0.2) is 6.33 Å². The molecule has 20 heavy (non-hydrogen) atoms. The average Bonchev–Trinajstić information content (AvgIpc) is 2.75. The summed E-state index contributed by atoms with van der Waals surface area (Å²) >= 11 is 0. The molecule has 2 heterocycles. The van der Waals surface area contributed by atoms with Crippen LogP contribution < -0.4 is 0 Å². The van der Waals surface area contributed by atoms with Crippen molar-refractivity contribution in [2.75, 3.05) is 13.1 Å². The zero-order chi connectivity index (χ0) is 15.0. The number of alkyl halides is 1. The van der Waals surface area contributed by atoms with Crippen molar-refractivity contribution in [2.24, 2.45) is 7.05 Å². The minimum atomic E-state index is -1.56. The Morgan fingerprint density at radius 3 is 2.45 bits per heavy atom. The van der Waals surface area contributed by atoms with Gasteiger partial charge in [0.15, 0.2) is 11.5 Å². The van der Waals surface area contributed by atoms with Crippen molar-refractivity contribution in [1.29, 1.82) is 0 Å². The van der Waals surface area contributed by atoms with Gasteiger partial charge in [-0.05, 0) is 20.8 Å². The zero-order valence-corrected chi connectivity index (χ0v) is 12.4. The number of piperidine rings is 1. The topological polar surface area (TPSA) is 60.2 Å². The summed E-state index contributed by atoms with van der Waals surface area (Å²) in [6.45, 7) is 6.05. The van der Waals surface area contributed by atoms with Gasteiger partial charge in [0, 0.05) is 33.0 Å². The van der Waals surface area contributed by atoms with Gasteiger partial charge in [-0.25, -0.2) is 14.2 Å². The molecule has 1 saturated heterocycles. The molecule has 1 aromatic heterocycles. The highest BCUT2D eigenvalue weighted by Crippen LogP contribution is 2.35. The van der Waals surface area contributed by atoms with Gasteiger partial charge in [-0.3, -0.25) is 4.68 Å². The van der Waals surface area contributed by atoms with Crippen LogP contribution in [0, 0.1) is 0 Å². The number of likely N-dealkylation sites (tertiary alicyclic amines) is 1. The SMILES string of the molecule is Cn1cnc(C2(F)CCN(C(=O)OC(C)(C)C)CC2)n1. The average molecular weight is 284 g/mol. The van der Waals surface area contributed by atoms with Crippen molar-refractivity contribution in [3.8, 4) is 0 Å². The number of hydrogen-bond donors (Lipinski definition) is 0. The van der Waals surface area contributed by atoms with Crippen LogP contribution >= 0.6 is 0 Å².